The summed E-state index contributed by atoms with van der Waals surface area (Å²) in [5.41, 5.74) is 6.15. The van der Waals surface area contributed by atoms with Crippen molar-refractivity contribution in [1.82, 2.24) is 15.8 Å². The molecule has 1 amide bonds. The normalized spacial score (nSPS) is 11.2. The van der Waals surface area contributed by atoms with Crippen LogP contribution < -0.4 is 10.8 Å². The van der Waals surface area contributed by atoms with E-state index in [0.29, 0.717) is 0 Å². The van der Waals surface area contributed by atoms with Gasteiger partial charge in [0.05, 0.1) is 0 Å². The molecule has 1 heterocycles. The smallest absolute Gasteiger partial charge is 0.267 e. The van der Waals surface area contributed by atoms with Crippen molar-refractivity contribution < 1.29 is 10.0 Å². The number of carbonyl (C=O) groups is 1. The van der Waals surface area contributed by atoms with Crippen molar-refractivity contribution in [2.45, 2.75) is 13.0 Å². The number of aromatic nitrogens is 1. The maximum Gasteiger partial charge on any atom is 0.267 e. The van der Waals surface area contributed by atoms with Crippen molar-refractivity contribution in [2.75, 3.05) is 6.54 Å². The van der Waals surface area contributed by atoms with Crippen LogP contribution in [0.3, 0.4) is 0 Å². The molecule has 0 aliphatic heterocycles. The molecule has 4 N–H and O–H groups in total. The van der Waals surface area contributed by atoms with Gasteiger partial charge in [0.15, 0.2) is 0 Å². The molecule has 2 aromatic carbocycles. The van der Waals surface area contributed by atoms with Gasteiger partial charge in [-0.25, -0.2) is 5.48 Å². The Kier molecular flexibility index (Phi) is 5.61. The van der Waals surface area contributed by atoms with Crippen LogP contribution in [0.25, 0.3) is 17.0 Å². The SMILES string of the molecule is O=C(/C=C/c1ccc(CNCCc2ccc3[nH]ccc3c2)cc1)NO. The van der Waals surface area contributed by atoms with E-state index in [1.807, 2.05) is 30.5 Å². The third-order valence-electron chi connectivity index (χ3n) is 4.05. The summed E-state index contributed by atoms with van der Waals surface area (Å²) in [5, 5.41) is 13.1. The summed E-state index contributed by atoms with van der Waals surface area (Å²) in [6, 6.07) is 16.5. The Morgan fingerprint density at radius 3 is 2.68 bits per heavy atom. The van der Waals surface area contributed by atoms with E-state index >= 15 is 0 Å². The molecule has 5 nitrogen and oxygen atoms in total. The first-order valence-corrected chi connectivity index (χ1v) is 8.22. The van der Waals surface area contributed by atoms with Gasteiger partial charge in [0.2, 0.25) is 0 Å². The molecule has 0 aliphatic rings. The molecule has 0 spiro atoms. The summed E-state index contributed by atoms with van der Waals surface area (Å²) in [4.78, 5) is 14.1. The number of hydroxylamine groups is 1. The van der Waals surface area contributed by atoms with E-state index in [9.17, 15) is 4.79 Å². The molecule has 3 aromatic rings. The number of hydrogen-bond donors (Lipinski definition) is 4. The van der Waals surface area contributed by atoms with Gasteiger partial charge < -0.3 is 10.3 Å². The highest BCUT2D eigenvalue weighted by Crippen LogP contribution is 2.14. The molecule has 0 radical (unpaired) electrons. The van der Waals surface area contributed by atoms with Gasteiger partial charge in [-0.05, 0) is 59.3 Å². The minimum Gasteiger partial charge on any atom is -0.361 e. The maximum absolute atomic E-state index is 10.9. The molecule has 0 bridgehead atoms. The number of rotatable bonds is 7. The number of benzene rings is 2. The van der Waals surface area contributed by atoms with Crippen LogP contribution in [0.15, 0.2) is 60.8 Å². The molecule has 0 fully saturated rings. The molecular weight excluding hydrogens is 314 g/mol. The lowest BCUT2D eigenvalue weighted by Crippen LogP contribution is -2.16. The predicted octanol–water partition coefficient (Wildman–Crippen LogP) is 3.02. The Morgan fingerprint density at radius 2 is 1.88 bits per heavy atom. The number of amides is 1. The maximum atomic E-state index is 10.9. The Morgan fingerprint density at radius 1 is 1.08 bits per heavy atom. The zero-order valence-corrected chi connectivity index (χ0v) is 13.8. The average Bonchev–Trinajstić information content (AvgIpc) is 3.12. The summed E-state index contributed by atoms with van der Waals surface area (Å²) in [5.74, 6) is -0.538. The second-order valence-electron chi connectivity index (χ2n) is 5.88. The zero-order valence-electron chi connectivity index (χ0n) is 13.8. The quantitative estimate of drug-likeness (QED) is 0.232. The number of aromatic amines is 1. The summed E-state index contributed by atoms with van der Waals surface area (Å²) in [6.45, 7) is 1.71. The second-order valence-corrected chi connectivity index (χ2v) is 5.88. The fourth-order valence-electron chi connectivity index (χ4n) is 2.68. The van der Waals surface area contributed by atoms with Crippen molar-refractivity contribution in [3.05, 3.63) is 77.5 Å². The zero-order chi connectivity index (χ0) is 17.5. The molecule has 0 atom stereocenters. The molecule has 128 valence electrons. The fourth-order valence-corrected chi connectivity index (χ4v) is 2.68. The van der Waals surface area contributed by atoms with E-state index in [1.165, 1.54) is 28.1 Å². The van der Waals surface area contributed by atoms with E-state index in [-0.39, 0.29) is 0 Å². The first kappa shape index (κ1) is 17.0. The molecule has 0 saturated carbocycles. The monoisotopic (exact) mass is 335 g/mol. The highest BCUT2D eigenvalue weighted by Gasteiger charge is 1.98. The third-order valence-corrected chi connectivity index (χ3v) is 4.05. The van der Waals surface area contributed by atoms with Gasteiger partial charge in [-0.1, -0.05) is 30.3 Å². The standard InChI is InChI=1S/C20H21N3O2/c24-20(23-25)8-6-15-1-3-17(4-2-15)14-21-11-9-16-5-7-19-18(13-16)10-12-22-19/h1-8,10,12-13,21-22,25H,9,11,14H2,(H,23,24)/b8-6+. The minimum absolute atomic E-state index is 0.538. The van der Waals surface area contributed by atoms with Crippen LogP contribution in [-0.2, 0) is 17.8 Å². The van der Waals surface area contributed by atoms with Crippen LogP contribution in [0.4, 0.5) is 0 Å². The largest absolute Gasteiger partial charge is 0.361 e. The minimum atomic E-state index is -0.538. The number of H-pyrrole nitrogens is 1. The van der Waals surface area contributed by atoms with E-state index < -0.39 is 5.91 Å². The molecule has 0 unspecified atom stereocenters. The van der Waals surface area contributed by atoms with Gasteiger partial charge >= 0.3 is 0 Å². The molecule has 0 saturated heterocycles. The van der Waals surface area contributed by atoms with Crippen molar-refractivity contribution in [2.24, 2.45) is 0 Å². The molecule has 5 heteroatoms. The van der Waals surface area contributed by atoms with Gasteiger partial charge in [0.1, 0.15) is 0 Å². The highest BCUT2D eigenvalue weighted by atomic mass is 16.5. The summed E-state index contributed by atoms with van der Waals surface area (Å²) in [7, 11) is 0. The lowest BCUT2D eigenvalue weighted by Gasteiger charge is -2.06. The molecule has 0 aliphatic carbocycles. The Labute approximate surface area is 146 Å². The number of fused-ring (bicyclic) bond motifs is 1. The molecule has 3 rings (SSSR count). The lowest BCUT2D eigenvalue weighted by molar-refractivity contribution is -0.124. The van der Waals surface area contributed by atoms with Crippen LogP contribution >= 0.6 is 0 Å². The second kappa shape index (κ2) is 8.28. The summed E-state index contributed by atoms with van der Waals surface area (Å²) in [6.07, 6.45) is 5.88. The van der Waals surface area contributed by atoms with Crippen LogP contribution in [-0.4, -0.2) is 22.6 Å². The average molecular weight is 335 g/mol. The topological polar surface area (TPSA) is 77.2 Å². The van der Waals surface area contributed by atoms with Crippen LogP contribution in [0.1, 0.15) is 16.7 Å². The van der Waals surface area contributed by atoms with Gasteiger partial charge in [-0.3, -0.25) is 10.0 Å². The van der Waals surface area contributed by atoms with Gasteiger partial charge in [0.25, 0.3) is 5.91 Å². The first-order valence-electron chi connectivity index (χ1n) is 8.22. The Hall–Kier alpha value is -2.89. The van der Waals surface area contributed by atoms with Crippen LogP contribution in [0.2, 0.25) is 0 Å². The summed E-state index contributed by atoms with van der Waals surface area (Å²) < 4.78 is 0. The highest BCUT2D eigenvalue weighted by molar-refractivity contribution is 5.90. The van der Waals surface area contributed by atoms with E-state index in [2.05, 4.69) is 34.6 Å². The Bertz CT molecular complexity index is 866. The van der Waals surface area contributed by atoms with E-state index in [0.717, 1.165) is 25.1 Å². The van der Waals surface area contributed by atoms with Crippen molar-refractivity contribution in [1.29, 1.82) is 0 Å². The first-order chi connectivity index (χ1) is 12.2. The van der Waals surface area contributed by atoms with E-state index in [1.54, 1.807) is 11.6 Å². The van der Waals surface area contributed by atoms with Crippen LogP contribution in [0.5, 0.6) is 0 Å². The number of carbonyl (C=O) groups excluding carboxylic acids is 1. The van der Waals surface area contributed by atoms with Crippen molar-refractivity contribution in [3.63, 3.8) is 0 Å². The molecule has 1 aromatic heterocycles. The Balaban J connectivity index is 1.45. The fraction of sp³-hybridized carbons (Fsp3) is 0.150. The van der Waals surface area contributed by atoms with Crippen molar-refractivity contribution in [3.8, 4) is 0 Å². The molecular formula is C20H21N3O2. The summed E-state index contributed by atoms with van der Waals surface area (Å²) >= 11 is 0. The third kappa shape index (κ3) is 4.79. The van der Waals surface area contributed by atoms with E-state index in [4.69, 9.17) is 5.21 Å². The van der Waals surface area contributed by atoms with Crippen molar-refractivity contribution >= 4 is 22.9 Å². The van der Waals surface area contributed by atoms with Crippen LogP contribution in [0, 0.1) is 0 Å². The van der Waals surface area contributed by atoms with Gasteiger partial charge in [0, 0.05) is 24.3 Å². The van der Waals surface area contributed by atoms with Gasteiger partial charge in [-0.15, -0.1) is 0 Å². The lowest BCUT2D eigenvalue weighted by atomic mass is 10.1. The molecule has 25 heavy (non-hydrogen) atoms. The van der Waals surface area contributed by atoms with Gasteiger partial charge in [-0.2, -0.15) is 0 Å². The predicted molar refractivity (Wildman–Crippen MR) is 99.1 cm³/mol. The number of hydrogen-bond acceptors (Lipinski definition) is 3. The number of nitrogens with one attached hydrogen (secondary N) is 3.